The van der Waals surface area contributed by atoms with E-state index in [-0.39, 0.29) is 42.4 Å². The van der Waals surface area contributed by atoms with Crippen molar-refractivity contribution in [3.05, 3.63) is 34.9 Å². The average molecular weight is 551 g/mol. The van der Waals surface area contributed by atoms with E-state index in [1.807, 2.05) is 28.0 Å². The normalized spacial score (nSPS) is 26.4. The summed E-state index contributed by atoms with van der Waals surface area (Å²) < 4.78 is 5.43. The van der Waals surface area contributed by atoms with Crippen LogP contribution in [0, 0.1) is 11.3 Å². The first-order valence-corrected chi connectivity index (χ1v) is 14.1. The Kier molecular flexibility index (Phi) is 7.48. The number of carbonyl (C=O) groups is 4. The number of aryl methyl sites for hydroxylation is 1. The topological polar surface area (TPSA) is 135 Å². The van der Waals surface area contributed by atoms with Crippen molar-refractivity contribution in [1.82, 2.24) is 25.3 Å². The number of piperazine rings is 1. The van der Waals surface area contributed by atoms with Gasteiger partial charge in [-0.2, -0.15) is 5.26 Å². The van der Waals surface area contributed by atoms with Crippen LogP contribution >= 0.6 is 0 Å². The molecular weight excluding hydrogens is 512 g/mol. The summed E-state index contributed by atoms with van der Waals surface area (Å²) in [6.45, 7) is 6.49. The Labute approximate surface area is 234 Å². The number of nitriles is 1. The molecule has 4 amide bonds. The lowest BCUT2D eigenvalue weighted by Gasteiger charge is -2.39. The van der Waals surface area contributed by atoms with Crippen LogP contribution in [-0.4, -0.2) is 95.0 Å². The molecule has 3 heterocycles. The largest absolute Gasteiger partial charge is 0.444 e. The third kappa shape index (κ3) is 5.24. The maximum atomic E-state index is 13.7. The SMILES string of the molecule is CNC(=O)c1ccc2c(c1)CC[C@H]2N1C(=O)[C@H]2C[C@@H]1CN2C[C@H](NC(=O)OC(C)(C)C)C(=O)N1CCC[C@H]1C#N. The van der Waals surface area contributed by atoms with E-state index in [1.54, 1.807) is 27.8 Å². The number of fused-ring (bicyclic) bond motifs is 3. The van der Waals surface area contributed by atoms with E-state index in [2.05, 4.69) is 16.7 Å². The Hall–Kier alpha value is -3.65. The number of carbonyl (C=O) groups excluding carboxylic acids is 4. The summed E-state index contributed by atoms with van der Waals surface area (Å²) in [6, 6.07) is 6.04. The fourth-order valence-electron chi connectivity index (χ4n) is 6.70. The second-order valence-electron chi connectivity index (χ2n) is 12.2. The van der Waals surface area contributed by atoms with Gasteiger partial charge in [0, 0.05) is 38.3 Å². The summed E-state index contributed by atoms with van der Waals surface area (Å²) in [5.74, 6) is -0.417. The molecule has 0 saturated carbocycles. The van der Waals surface area contributed by atoms with Crippen molar-refractivity contribution in [2.75, 3.05) is 26.7 Å². The van der Waals surface area contributed by atoms with Gasteiger partial charge in [-0.1, -0.05) is 6.07 Å². The van der Waals surface area contributed by atoms with Crippen molar-refractivity contribution in [1.29, 1.82) is 5.26 Å². The zero-order valence-electron chi connectivity index (χ0n) is 23.6. The summed E-state index contributed by atoms with van der Waals surface area (Å²) in [5.41, 5.74) is 2.08. The molecule has 0 aromatic heterocycles. The standard InChI is InChI=1S/C29H38N6O5/c1-29(2,3)40-28(39)32-22(26(37)34-11-5-6-19(34)14-30)16-33-15-20-13-24(33)27(38)35(20)23-10-8-17-12-18(25(36)31-4)7-9-21(17)23/h7,9,12,19-20,22-24H,5-6,8,10-11,13,15-16H2,1-4H3,(H,31,36)(H,32,39)/t19-,20+,22-,23+,24+/m0/s1. The third-order valence-corrected chi connectivity index (χ3v) is 8.42. The van der Waals surface area contributed by atoms with Crippen molar-refractivity contribution in [2.24, 2.45) is 0 Å². The molecule has 3 saturated heterocycles. The second-order valence-corrected chi connectivity index (χ2v) is 12.2. The lowest BCUT2D eigenvalue weighted by molar-refractivity contribution is -0.141. The van der Waals surface area contributed by atoms with E-state index in [0.717, 1.165) is 30.4 Å². The molecule has 3 fully saturated rings. The summed E-state index contributed by atoms with van der Waals surface area (Å²) >= 11 is 0. The van der Waals surface area contributed by atoms with Gasteiger partial charge < -0.3 is 25.2 Å². The molecule has 214 valence electrons. The molecule has 11 nitrogen and oxygen atoms in total. The van der Waals surface area contributed by atoms with Crippen LogP contribution in [0.3, 0.4) is 0 Å². The first kappa shape index (κ1) is 27.9. The monoisotopic (exact) mass is 550 g/mol. The fraction of sp³-hybridized carbons (Fsp3) is 0.621. The Morgan fingerprint density at radius 3 is 2.65 bits per heavy atom. The molecule has 0 radical (unpaired) electrons. The Morgan fingerprint density at radius 1 is 1.20 bits per heavy atom. The highest BCUT2D eigenvalue weighted by molar-refractivity contribution is 5.94. The predicted octanol–water partition coefficient (Wildman–Crippen LogP) is 1.73. The van der Waals surface area contributed by atoms with Crippen LogP contribution in [0.1, 0.15) is 74.0 Å². The number of nitrogens with zero attached hydrogens (tertiary/aromatic N) is 4. The number of alkyl carbamates (subject to hydrolysis) is 1. The molecule has 1 aromatic rings. The predicted molar refractivity (Wildman–Crippen MR) is 145 cm³/mol. The van der Waals surface area contributed by atoms with Crippen molar-refractivity contribution in [3.8, 4) is 6.07 Å². The quantitative estimate of drug-likeness (QED) is 0.551. The molecule has 5 rings (SSSR count). The zero-order valence-corrected chi connectivity index (χ0v) is 23.6. The molecule has 0 unspecified atom stereocenters. The van der Waals surface area contributed by atoms with E-state index < -0.39 is 23.8 Å². The van der Waals surface area contributed by atoms with E-state index in [4.69, 9.17) is 4.74 Å². The molecule has 40 heavy (non-hydrogen) atoms. The summed E-state index contributed by atoms with van der Waals surface area (Å²) in [5, 5.41) is 14.9. The first-order valence-electron chi connectivity index (χ1n) is 14.1. The minimum absolute atomic E-state index is 0.00277. The Bertz CT molecular complexity index is 1250. The number of hydrogen-bond acceptors (Lipinski definition) is 7. The van der Waals surface area contributed by atoms with Crippen molar-refractivity contribution in [3.63, 3.8) is 0 Å². The first-order chi connectivity index (χ1) is 19.0. The molecule has 3 aliphatic heterocycles. The molecule has 5 atom stereocenters. The number of ether oxygens (including phenoxy) is 1. The highest BCUT2D eigenvalue weighted by atomic mass is 16.6. The zero-order chi connectivity index (χ0) is 28.8. The van der Waals surface area contributed by atoms with Gasteiger partial charge in [0.15, 0.2) is 0 Å². The van der Waals surface area contributed by atoms with Crippen LogP contribution in [0.25, 0.3) is 0 Å². The van der Waals surface area contributed by atoms with Crippen molar-refractivity contribution < 1.29 is 23.9 Å². The molecule has 4 aliphatic rings. The molecule has 1 aliphatic carbocycles. The minimum Gasteiger partial charge on any atom is -0.444 e. The highest BCUT2D eigenvalue weighted by Gasteiger charge is 2.53. The van der Waals surface area contributed by atoms with Gasteiger partial charge in [-0.3, -0.25) is 19.3 Å². The maximum absolute atomic E-state index is 13.7. The smallest absolute Gasteiger partial charge is 0.408 e. The Balaban J connectivity index is 1.30. The highest BCUT2D eigenvalue weighted by Crippen LogP contribution is 2.44. The minimum atomic E-state index is -0.931. The van der Waals surface area contributed by atoms with Crippen LogP contribution in [-0.2, 0) is 20.7 Å². The van der Waals surface area contributed by atoms with Gasteiger partial charge in [0.2, 0.25) is 11.8 Å². The van der Waals surface area contributed by atoms with Crippen molar-refractivity contribution >= 4 is 23.8 Å². The number of amides is 4. The van der Waals surface area contributed by atoms with Crippen LogP contribution < -0.4 is 10.6 Å². The number of hydrogen-bond donors (Lipinski definition) is 2. The lowest BCUT2D eigenvalue weighted by Crippen LogP contribution is -2.59. The summed E-state index contributed by atoms with van der Waals surface area (Å²) in [7, 11) is 1.61. The van der Waals surface area contributed by atoms with Gasteiger partial charge in [0.25, 0.3) is 5.91 Å². The number of rotatable bonds is 6. The van der Waals surface area contributed by atoms with Crippen LogP contribution in [0.4, 0.5) is 4.79 Å². The van der Waals surface area contributed by atoms with Crippen LogP contribution in [0.5, 0.6) is 0 Å². The van der Waals surface area contributed by atoms with E-state index in [0.29, 0.717) is 31.5 Å². The lowest BCUT2D eigenvalue weighted by atomic mass is 10.0. The van der Waals surface area contributed by atoms with E-state index in [9.17, 15) is 24.4 Å². The Morgan fingerprint density at radius 2 is 1.98 bits per heavy atom. The third-order valence-electron chi connectivity index (χ3n) is 8.42. The van der Waals surface area contributed by atoms with Crippen LogP contribution in [0.15, 0.2) is 18.2 Å². The molecule has 11 heteroatoms. The average Bonchev–Trinajstić information content (AvgIpc) is 3.69. The van der Waals surface area contributed by atoms with E-state index in [1.165, 1.54) is 4.90 Å². The second kappa shape index (κ2) is 10.7. The molecular formula is C29H38N6O5. The van der Waals surface area contributed by atoms with Gasteiger partial charge in [-0.05, 0) is 76.1 Å². The van der Waals surface area contributed by atoms with Crippen LogP contribution in [0.2, 0.25) is 0 Å². The summed E-state index contributed by atoms with van der Waals surface area (Å²) in [6.07, 6.45) is 2.93. The summed E-state index contributed by atoms with van der Waals surface area (Å²) in [4.78, 5) is 57.5. The van der Waals surface area contributed by atoms with E-state index >= 15 is 0 Å². The molecule has 1 aromatic carbocycles. The maximum Gasteiger partial charge on any atom is 0.408 e. The van der Waals surface area contributed by atoms with Gasteiger partial charge in [-0.25, -0.2) is 4.79 Å². The van der Waals surface area contributed by atoms with Gasteiger partial charge in [0.05, 0.1) is 18.2 Å². The van der Waals surface area contributed by atoms with Gasteiger partial charge in [0.1, 0.15) is 17.7 Å². The van der Waals surface area contributed by atoms with Crippen molar-refractivity contribution in [2.45, 2.75) is 88.7 Å². The number of likely N-dealkylation sites (tertiary alicyclic amines) is 3. The number of benzene rings is 1. The molecule has 2 N–H and O–H groups in total. The molecule has 0 spiro atoms. The van der Waals surface area contributed by atoms with Gasteiger partial charge in [-0.15, -0.1) is 0 Å². The number of nitrogens with one attached hydrogen (secondary N) is 2. The molecule has 2 bridgehead atoms. The fourth-order valence-corrected chi connectivity index (χ4v) is 6.70. The van der Waals surface area contributed by atoms with Gasteiger partial charge >= 0.3 is 6.09 Å².